The van der Waals surface area contributed by atoms with Crippen LogP contribution in [0.25, 0.3) is 33.1 Å². The molecule has 174 valence electrons. The molecule has 7 N–H and O–H groups in total. The van der Waals surface area contributed by atoms with Gasteiger partial charge in [0.2, 0.25) is 0 Å². The topological polar surface area (TPSA) is 159 Å². The number of carboxylic acid groups (broad SMARTS) is 1. The molecule has 0 aliphatic heterocycles. The van der Waals surface area contributed by atoms with E-state index in [0.717, 1.165) is 20.9 Å². The van der Waals surface area contributed by atoms with E-state index in [1.807, 2.05) is 42.6 Å². The number of aliphatic carboxylic acids is 1. The fourth-order valence-corrected chi connectivity index (χ4v) is 4.16. The zero-order valence-corrected chi connectivity index (χ0v) is 19.7. The van der Waals surface area contributed by atoms with E-state index in [9.17, 15) is 14.7 Å². The number of carbonyl (C=O) groups is 2. The first kappa shape index (κ1) is 23.2. The minimum atomic E-state index is -1.13. The highest BCUT2D eigenvalue weighted by Crippen LogP contribution is 2.32. The molecule has 0 fully saturated rings. The van der Waals surface area contributed by atoms with Crippen LogP contribution in [0.5, 0.6) is 0 Å². The fraction of sp³-hybridized carbons (Fsp3) is 0.167. The van der Waals surface area contributed by atoms with Gasteiger partial charge in [-0.05, 0) is 43.2 Å². The summed E-state index contributed by atoms with van der Waals surface area (Å²) < 4.78 is 0.921. The lowest BCUT2D eigenvalue weighted by Crippen LogP contribution is -2.41. The molecule has 0 aliphatic rings. The van der Waals surface area contributed by atoms with Crippen molar-refractivity contribution in [3.63, 3.8) is 0 Å². The fourth-order valence-electron chi connectivity index (χ4n) is 3.80. The molecule has 1 amide bonds. The van der Waals surface area contributed by atoms with Crippen LogP contribution in [0.15, 0.2) is 64.2 Å². The van der Waals surface area contributed by atoms with Crippen LogP contribution >= 0.6 is 15.9 Å². The molecule has 0 aliphatic carbocycles. The number of benzene rings is 2. The van der Waals surface area contributed by atoms with Crippen molar-refractivity contribution in [1.29, 1.82) is 0 Å². The Labute approximate surface area is 203 Å². The molecule has 9 nitrogen and oxygen atoms in total. The maximum atomic E-state index is 13.3. The standard InChI is InChI=1S/C24H23BrN6O3/c25-13-7-8-18-15(10-13)17(12-29-18)21-11-16(14-4-1-2-5-19(14)30-21)22(32)31-20(23(33)34)6-3-9-28-24(26)27/h1-2,4-5,7-8,10-12,20,29H,3,6,9H2,(H,31,32)(H,33,34)(H4,26,27,28). The van der Waals surface area contributed by atoms with Crippen LogP contribution in [-0.2, 0) is 4.79 Å². The summed E-state index contributed by atoms with van der Waals surface area (Å²) in [7, 11) is 0. The monoisotopic (exact) mass is 522 g/mol. The molecule has 1 unspecified atom stereocenters. The van der Waals surface area contributed by atoms with Gasteiger partial charge in [-0.2, -0.15) is 0 Å². The number of para-hydroxylation sites is 1. The molecule has 2 aromatic heterocycles. The van der Waals surface area contributed by atoms with E-state index < -0.39 is 17.9 Å². The van der Waals surface area contributed by atoms with Gasteiger partial charge in [0.25, 0.3) is 5.91 Å². The number of pyridine rings is 1. The number of nitrogens with one attached hydrogen (secondary N) is 2. The minimum Gasteiger partial charge on any atom is -0.480 e. The molecule has 0 saturated heterocycles. The van der Waals surface area contributed by atoms with E-state index in [4.69, 9.17) is 16.5 Å². The summed E-state index contributed by atoms with van der Waals surface area (Å²) in [5, 5.41) is 13.8. The normalized spacial score (nSPS) is 11.9. The van der Waals surface area contributed by atoms with Crippen LogP contribution < -0.4 is 16.8 Å². The number of hydrogen-bond acceptors (Lipinski definition) is 4. The van der Waals surface area contributed by atoms with Crippen LogP contribution in [0.3, 0.4) is 0 Å². The van der Waals surface area contributed by atoms with Crippen molar-refractivity contribution in [3.05, 3.63) is 64.8 Å². The summed E-state index contributed by atoms with van der Waals surface area (Å²) in [5.74, 6) is -1.68. The van der Waals surface area contributed by atoms with Crippen molar-refractivity contribution in [2.75, 3.05) is 6.54 Å². The molecule has 2 heterocycles. The number of carbonyl (C=O) groups excluding carboxylic acids is 1. The highest BCUT2D eigenvalue weighted by molar-refractivity contribution is 9.10. The van der Waals surface area contributed by atoms with Crippen molar-refractivity contribution < 1.29 is 14.7 Å². The van der Waals surface area contributed by atoms with Crippen molar-refractivity contribution in [1.82, 2.24) is 15.3 Å². The number of amides is 1. The first-order chi connectivity index (χ1) is 16.3. The second-order valence-corrected chi connectivity index (χ2v) is 8.69. The summed E-state index contributed by atoms with van der Waals surface area (Å²) in [5.41, 5.74) is 14.0. The second kappa shape index (κ2) is 9.92. The molecule has 10 heteroatoms. The van der Waals surface area contributed by atoms with Gasteiger partial charge >= 0.3 is 5.97 Å². The first-order valence-electron chi connectivity index (χ1n) is 10.6. The van der Waals surface area contributed by atoms with E-state index in [-0.39, 0.29) is 18.9 Å². The Morgan fingerprint density at radius 3 is 2.71 bits per heavy atom. The van der Waals surface area contributed by atoms with Crippen molar-refractivity contribution >= 4 is 55.6 Å². The second-order valence-electron chi connectivity index (χ2n) is 7.78. The third-order valence-electron chi connectivity index (χ3n) is 5.43. The Kier molecular flexibility index (Phi) is 6.78. The summed E-state index contributed by atoms with van der Waals surface area (Å²) in [6.07, 6.45) is 2.44. The summed E-state index contributed by atoms with van der Waals surface area (Å²) in [6, 6.07) is 13.8. The van der Waals surface area contributed by atoms with Crippen molar-refractivity contribution in [2.24, 2.45) is 16.5 Å². The number of nitrogens with two attached hydrogens (primary N) is 2. The van der Waals surface area contributed by atoms with Gasteiger partial charge in [0.15, 0.2) is 5.96 Å². The van der Waals surface area contributed by atoms with E-state index >= 15 is 0 Å². The molecular weight excluding hydrogens is 500 g/mol. The number of hydrogen-bond donors (Lipinski definition) is 5. The quantitative estimate of drug-likeness (QED) is 0.135. The molecule has 2 aromatic carbocycles. The van der Waals surface area contributed by atoms with Crippen molar-refractivity contribution in [2.45, 2.75) is 18.9 Å². The number of nitrogens with zero attached hydrogens (tertiary/aromatic N) is 2. The van der Waals surface area contributed by atoms with Crippen LogP contribution in [0.4, 0.5) is 0 Å². The maximum Gasteiger partial charge on any atom is 0.326 e. The number of aromatic nitrogens is 2. The van der Waals surface area contributed by atoms with Crippen LogP contribution in [-0.4, -0.2) is 45.5 Å². The highest BCUT2D eigenvalue weighted by Gasteiger charge is 2.22. The summed E-state index contributed by atoms with van der Waals surface area (Å²) in [4.78, 5) is 36.9. The summed E-state index contributed by atoms with van der Waals surface area (Å²) >= 11 is 3.50. The Morgan fingerprint density at radius 2 is 1.94 bits per heavy atom. The zero-order valence-electron chi connectivity index (χ0n) is 18.1. The van der Waals surface area contributed by atoms with Crippen molar-refractivity contribution in [3.8, 4) is 11.3 Å². The molecule has 0 bridgehead atoms. The highest BCUT2D eigenvalue weighted by atomic mass is 79.9. The number of aromatic amines is 1. The Hall–Kier alpha value is -3.92. The predicted molar refractivity (Wildman–Crippen MR) is 136 cm³/mol. The zero-order chi connectivity index (χ0) is 24.2. The number of guanidine groups is 1. The van der Waals surface area contributed by atoms with Crippen LogP contribution in [0.1, 0.15) is 23.2 Å². The van der Waals surface area contributed by atoms with E-state index in [1.165, 1.54) is 0 Å². The smallest absolute Gasteiger partial charge is 0.326 e. The number of rotatable bonds is 8. The first-order valence-corrected chi connectivity index (χ1v) is 11.4. The summed E-state index contributed by atoms with van der Waals surface area (Å²) in [6.45, 7) is 0.278. The van der Waals surface area contributed by atoms with E-state index in [1.54, 1.807) is 12.1 Å². The SMILES string of the molecule is NC(N)=NCCCC(NC(=O)c1cc(-c2c[nH]c3ccc(Br)cc23)nc2ccccc12)C(=O)O. The molecule has 1 atom stereocenters. The molecule has 0 spiro atoms. The predicted octanol–water partition coefficient (Wildman–Crippen LogP) is 3.38. The molecular formula is C24H23BrN6O3. The third kappa shape index (κ3) is 5.01. The lowest BCUT2D eigenvalue weighted by Gasteiger charge is -2.16. The molecule has 0 saturated carbocycles. The average molecular weight is 523 g/mol. The van der Waals surface area contributed by atoms with Gasteiger partial charge in [0.05, 0.1) is 16.8 Å². The van der Waals surface area contributed by atoms with Gasteiger partial charge in [0.1, 0.15) is 6.04 Å². The minimum absolute atomic E-state index is 0.0593. The lowest BCUT2D eigenvalue weighted by atomic mass is 10.0. The number of fused-ring (bicyclic) bond motifs is 2. The number of halogens is 1. The number of carboxylic acids is 1. The van der Waals surface area contributed by atoms with Crippen LogP contribution in [0.2, 0.25) is 0 Å². The van der Waals surface area contributed by atoms with Gasteiger partial charge in [-0.1, -0.05) is 34.1 Å². The Balaban J connectivity index is 1.70. The largest absolute Gasteiger partial charge is 0.480 e. The number of aliphatic imine (C=N–C) groups is 1. The van der Waals surface area contributed by atoms with Gasteiger partial charge in [-0.15, -0.1) is 0 Å². The maximum absolute atomic E-state index is 13.3. The Bertz CT molecular complexity index is 1410. The van der Waals surface area contributed by atoms with E-state index in [0.29, 0.717) is 28.6 Å². The molecule has 4 aromatic rings. The van der Waals surface area contributed by atoms with Gasteiger partial charge < -0.3 is 26.9 Å². The third-order valence-corrected chi connectivity index (χ3v) is 5.92. The van der Waals surface area contributed by atoms with Gasteiger partial charge in [-0.3, -0.25) is 9.79 Å². The molecule has 34 heavy (non-hydrogen) atoms. The van der Waals surface area contributed by atoms with Gasteiger partial charge in [0, 0.05) is 39.1 Å². The number of H-pyrrole nitrogens is 1. The Morgan fingerprint density at radius 1 is 1.15 bits per heavy atom. The molecule has 0 radical (unpaired) electrons. The average Bonchev–Trinajstić information content (AvgIpc) is 3.22. The van der Waals surface area contributed by atoms with E-state index in [2.05, 4.69) is 31.2 Å². The molecule has 4 rings (SSSR count). The van der Waals surface area contributed by atoms with Gasteiger partial charge in [-0.25, -0.2) is 9.78 Å². The van der Waals surface area contributed by atoms with Crippen LogP contribution in [0, 0.1) is 0 Å². The lowest BCUT2D eigenvalue weighted by molar-refractivity contribution is -0.139.